The van der Waals surface area contributed by atoms with Crippen LogP contribution in [0.4, 0.5) is 5.69 Å². The Labute approximate surface area is 207 Å². The van der Waals surface area contributed by atoms with Gasteiger partial charge >= 0.3 is 0 Å². The van der Waals surface area contributed by atoms with Crippen molar-refractivity contribution >= 4 is 21.6 Å². The lowest BCUT2D eigenvalue weighted by Gasteiger charge is -2.32. The monoisotopic (exact) mass is 489 g/mol. The second kappa shape index (κ2) is 9.84. The molecule has 7 heteroatoms. The van der Waals surface area contributed by atoms with Gasteiger partial charge < -0.3 is 5.32 Å². The number of hydrogen-bond donors (Lipinski definition) is 1. The van der Waals surface area contributed by atoms with E-state index in [0.717, 1.165) is 43.7 Å². The van der Waals surface area contributed by atoms with Gasteiger partial charge in [-0.3, -0.25) is 14.0 Å². The summed E-state index contributed by atoms with van der Waals surface area (Å²) < 4.78 is 28.6. The van der Waals surface area contributed by atoms with Gasteiger partial charge in [-0.2, -0.15) is 0 Å². The fourth-order valence-corrected chi connectivity index (χ4v) is 6.90. The maximum atomic E-state index is 13.5. The van der Waals surface area contributed by atoms with Gasteiger partial charge in [0.25, 0.3) is 15.9 Å². The second-order valence-electron chi connectivity index (χ2n) is 9.52. The van der Waals surface area contributed by atoms with Gasteiger partial charge in [-0.05, 0) is 61.6 Å². The molecule has 1 fully saturated rings. The molecular weight excluding hydrogens is 458 g/mol. The highest BCUT2D eigenvalue weighted by Crippen LogP contribution is 2.36. The zero-order chi connectivity index (χ0) is 24.4. The maximum Gasteiger partial charge on any atom is 0.264 e. The fraction of sp³-hybridized carbons (Fsp3) is 0.321. The molecule has 3 aromatic rings. The molecule has 0 radical (unpaired) electrons. The minimum Gasteiger partial charge on any atom is -0.349 e. The van der Waals surface area contributed by atoms with Gasteiger partial charge in [-0.15, -0.1) is 0 Å². The van der Waals surface area contributed by atoms with Crippen molar-refractivity contribution in [2.24, 2.45) is 0 Å². The second-order valence-corrected chi connectivity index (χ2v) is 11.3. The van der Waals surface area contributed by atoms with Crippen molar-refractivity contribution in [1.29, 1.82) is 0 Å². The van der Waals surface area contributed by atoms with Crippen molar-refractivity contribution in [2.45, 2.75) is 49.7 Å². The number of sulfonamides is 1. The van der Waals surface area contributed by atoms with Crippen LogP contribution in [0.5, 0.6) is 0 Å². The normalized spacial score (nSPS) is 18.9. The molecule has 0 aliphatic carbocycles. The first-order valence-corrected chi connectivity index (χ1v) is 13.7. The van der Waals surface area contributed by atoms with E-state index in [9.17, 15) is 13.2 Å². The fourth-order valence-electron chi connectivity index (χ4n) is 5.16. The van der Waals surface area contributed by atoms with E-state index in [-0.39, 0.29) is 22.9 Å². The first-order chi connectivity index (χ1) is 16.9. The highest BCUT2D eigenvalue weighted by atomic mass is 32.2. The van der Waals surface area contributed by atoms with Crippen molar-refractivity contribution < 1.29 is 13.2 Å². The molecule has 0 unspecified atom stereocenters. The van der Waals surface area contributed by atoms with Crippen LogP contribution < -0.4 is 9.62 Å². The third kappa shape index (κ3) is 4.97. The molecule has 6 nitrogen and oxygen atoms in total. The Hall–Kier alpha value is -3.16. The Morgan fingerprint density at radius 1 is 0.943 bits per heavy atom. The molecule has 0 saturated carbocycles. The molecule has 5 rings (SSSR count). The number of piperidine rings is 1. The number of benzene rings is 3. The minimum atomic E-state index is -3.78. The van der Waals surface area contributed by atoms with E-state index in [1.165, 1.54) is 15.9 Å². The topological polar surface area (TPSA) is 69.7 Å². The summed E-state index contributed by atoms with van der Waals surface area (Å²) >= 11 is 0. The number of fused-ring (bicyclic) bond motifs is 1. The molecule has 1 saturated heterocycles. The van der Waals surface area contributed by atoms with Crippen LogP contribution in [0, 0.1) is 0 Å². The Morgan fingerprint density at radius 3 is 2.43 bits per heavy atom. The molecule has 182 valence electrons. The Morgan fingerprint density at radius 2 is 1.66 bits per heavy atom. The third-order valence-electron chi connectivity index (χ3n) is 6.97. The van der Waals surface area contributed by atoms with Crippen molar-refractivity contribution in [3.05, 3.63) is 95.6 Å². The van der Waals surface area contributed by atoms with Gasteiger partial charge in [0, 0.05) is 37.3 Å². The molecule has 2 heterocycles. The standard InChI is InChI=1S/C28H31N3O3S/c1-21-18-23-10-5-6-13-27(23)31(21)35(33,34)26-12-7-11-24(19-26)28(32)29-25-14-16-30(17-15-25)20-22-8-3-2-4-9-22/h2-13,19,21,25H,14-18,20H2,1H3,(H,29,32)/t21-/m1/s1. The number of nitrogens with zero attached hydrogens (tertiary/aromatic N) is 2. The summed E-state index contributed by atoms with van der Waals surface area (Å²) in [6, 6.07) is 24.3. The van der Waals surface area contributed by atoms with Gasteiger partial charge in [0.1, 0.15) is 0 Å². The molecule has 3 aromatic carbocycles. The number of amides is 1. The van der Waals surface area contributed by atoms with E-state index in [1.807, 2.05) is 37.3 Å². The highest BCUT2D eigenvalue weighted by Gasteiger charge is 2.36. The average molecular weight is 490 g/mol. The summed E-state index contributed by atoms with van der Waals surface area (Å²) in [6.45, 7) is 4.67. The molecule has 1 N–H and O–H groups in total. The quantitative estimate of drug-likeness (QED) is 0.563. The van der Waals surface area contributed by atoms with Crippen LogP contribution in [-0.2, 0) is 23.0 Å². The zero-order valence-electron chi connectivity index (χ0n) is 19.9. The van der Waals surface area contributed by atoms with E-state index in [4.69, 9.17) is 0 Å². The van der Waals surface area contributed by atoms with Gasteiger partial charge in [-0.1, -0.05) is 54.6 Å². The molecule has 0 bridgehead atoms. The Kier molecular flexibility index (Phi) is 6.62. The summed E-state index contributed by atoms with van der Waals surface area (Å²) in [6.07, 6.45) is 2.43. The maximum absolute atomic E-state index is 13.5. The van der Waals surface area contributed by atoms with E-state index < -0.39 is 10.0 Å². The van der Waals surface area contributed by atoms with Crippen molar-refractivity contribution in [3.63, 3.8) is 0 Å². The summed E-state index contributed by atoms with van der Waals surface area (Å²) in [5.74, 6) is -0.224. The first-order valence-electron chi connectivity index (χ1n) is 12.2. The van der Waals surface area contributed by atoms with Crippen LogP contribution in [-0.4, -0.2) is 44.4 Å². The number of carbonyl (C=O) groups is 1. The first kappa shape index (κ1) is 23.6. The van der Waals surface area contributed by atoms with E-state index in [0.29, 0.717) is 12.0 Å². The molecule has 1 atom stereocenters. The van der Waals surface area contributed by atoms with E-state index in [2.05, 4.69) is 34.5 Å². The third-order valence-corrected chi connectivity index (χ3v) is 8.89. The highest BCUT2D eigenvalue weighted by molar-refractivity contribution is 7.92. The zero-order valence-corrected chi connectivity index (χ0v) is 20.7. The van der Waals surface area contributed by atoms with Gasteiger partial charge in [0.15, 0.2) is 0 Å². The SMILES string of the molecule is C[C@@H]1Cc2ccccc2N1S(=O)(=O)c1cccc(C(=O)NC2CCN(Cc3ccccc3)CC2)c1. The van der Waals surface area contributed by atoms with Crippen LogP contribution in [0.2, 0.25) is 0 Å². The number of nitrogens with one attached hydrogen (secondary N) is 1. The van der Waals surface area contributed by atoms with E-state index >= 15 is 0 Å². The number of hydrogen-bond acceptors (Lipinski definition) is 4. The predicted octanol–water partition coefficient (Wildman–Crippen LogP) is 4.22. The van der Waals surface area contributed by atoms with Gasteiger partial charge in [0.05, 0.1) is 10.6 Å². The summed E-state index contributed by atoms with van der Waals surface area (Å²) in [7, 11) is -3.78. The Balaban J connectivity index is 1.24. The lowest BCUT2D eigenvalue weighted by molar-refractivity contribution is 0.0908. The molecule has 0 spiro atoms. The number of para-hydroxylation sites is 1. The lowest BCUT2D eigenvalue weighted by atomic mass is 10.0. The van der Waals surface area contributed by atoms with Crippen molar-refractivity contribution in [3.8, 4) is 0 Å². The van der Waals surface area contributed by atoms with Crippen LogP contribution in [0.15, 0.2) is 83.8 Å². The Bertz CT molecular complexity index is 1300. The lowest BCUT2D eigenvalue weighted by Crippen LogP contribution is -2.44. The average Bonchev–Trinajstić information content (AvgIpc) is 3.22. The van der Waals surface area contributed by atoms with Crippen LogP contribution in [0.25, 0.3) is 0 Å². The predicted molar refractivity (Wildman–Crippen MR) is 138 cm³/mol. The number of rotatable bonds is 6. The summed E-state index contributed by atoms with van der Waals surface area (Å²) in [4.78, 5) is 15.6. The van der Waals surface area contributed by atoms with Crippen molar-refractivity contribution in [2.75, 3.05) is 17.4 Å². The molecule has 35 heavy (non-hydrogen) atoms. The van der Waals surface area contributed by atoms with E-state index in [1.54, 1.807) is 18.2 Å². The van der Waals surface area contributed by atoms with Gasteiger partial charge in [-0.25, -0.2) is 8.42 Å². The smallest absolute Gasteiger partial charge is 0.264 e. The molecular formula is C28H31N3O3S. The minimum absolute atomic E-state index is 0.0836. The molecule has 2 aliphatic heterocycles. The molecule has 0 aromatic heterocycles. The summed E-state index contributed by atoms with van der Waals surface area (Å²) in [5, 5.41) is 3.12. The number of anilines is 1. The summed E-state index contributed by atoms with van der Waals surface area (Å²) in [5.41, 5.74) is 3.41. The molecule has 1 amide bonds. The van der Waals surface area contributed by atoms with Gasteiger partial charge in [0.2, 0.25) is 0 Å². The number of likely N-dealkylation sites (tertiary alicyclic amines) is 1. The molecule has 2 aliphatic rings. The van der Waals surface area contributed by atoms with Crippen LogP contribution in [0.1, 0.15) is 41.3 Å². The largest absolute Gasteiger partial charge is 0.349 e. The number of carbonyl (C=O) groups excluding carboxylic acids is 1. The van der Waals surface area contributed by atoms with Crippen LogP contribution in [0.3, 0.4) is 0 Å². The van der Waals surface area contributed by atoms with Crippen molar-refractivity contribution in [1.82, 2.24) is 10.2 Å². The van der Waals surface area contributed by atoms with Crippen LogP contribution >= 0.6 is 0 Å².